The molecule has 0 aliphatic rings. The Labute approximate surface area is 131 Å². The van der Waals surface area contributed by atoms with Crippen molar-refractivity contribution in [1.29, 1.82) is 0 Å². The smallest absolute Gasteiger partial charge is 0.321 e. The largest absolute Gasteiger partial charge is 0.433 e. The molecule has 3 nitrogen and oxygen atoms in total. The summed E-state index contributed by atoms with van der Waals surface area (Å²) in [6.45, 7) is 0. The predicted molar refractivity (Wildman–Crippen MR) is 76.3 cm³/mol. The van der Waals surface area contributed by atoms with Gasteiger partial charge < -0.3 is 5.32 Å². The number of carbonyl (C=O) groups excluding carboxylic acids is 1. The average molecular weight is 380 g/mol. The van der Waals surface area contributed by atoms with Gasteiger partial charge in [-0.2, -0.15) is 13.2 Å². The van der Waals surface area contributed by atoms with E-state index >= 15 is 0 Å². The molecule has 0 saturated carbocycles. The first-order valence-corrected chi connectivity index (χ1v) is 6.74. The molecular formula is C13H7BrClF3N2O. The van der Waals surface area contributed by atoms with Crippen molar-refractivity contribution in [3.05, 3.63) is 57.3 Å². The number of nitrogens with zero attached hydrogens (tertiary/aromatic N) is 1. The lowest BCUT2D eigenvalue weighted by Crippen LogP contribution is -2.13. The number of hydrogen-bond acceptors (Lipinski definition) is 2. The SMILES string of the molecule is O=C(Nc1ccc(C(F)(F)F)nc1)c1ccc(Cl)c(Br)c1. The maximum absolute atomic E-state index is 12.4. The van der Waals surface area contributed by atoms with Crippen LogP contribution in [-0.2, 0) is 6.18 Å². The molecule has 1 heterocycles. The number of anilines is 1. The molecule has 21 heavy (non-hydrogen) atoms. The molecule has 0 atom stereocenters. The van der Waals surface area contributed by atoms with Crippen LogP contribution in [0.15, 0.2) is 41.0 Å². The van der Waals surface area contributed by atoms with Gasteiger partial charge in [0.25, 0.3) is 5.91 Å². The molecule has 8 heteroatoms. The Balaban J connectivity index is 2.14. The Bertz CT molecular complexity index is 674. The van der Waals surface area contributed by atoms with Crippen molar-refractivity contribution in [3.63, 3.8) is 0 Å². The van der Waals surface area contributed by atoms with E-state index in [1.54, 1.807) is 0 Å². The normalized spacial score (nSPS) is 11.3. The van der Waals surface area contributed by atoms with Crippen LogP contribution in [0.5, 0.6) is 0 Å². The molecule has 0 fully saturated rings. The van der Waals surface area contributed by atoms with Gasteiger partial charge in [0, 0.05) is 10.0 Å². The lowest BCUT2D eigenvalue weighted by atomic mass is 10.2. The highest BCUT2D eigenvalue weighted by Gasteiger charge is 2.32. The van der Waals surface area contributed by atoms with Gasteiger partial charge in [-0.3, -0.25) is 4.79 Å². The second kappa shape index (κ2) is 6.03. The second-order valence-electron chi connectivity index (χ2n) is 4.01. The van der Waals surface area contributed by atoms with Gasteiger partial charge in [0.1, 0.15) is 5.69 Å². The van der Waals surface area contributed by atoms with E-state index in [9.17, 15) is 18.0 Å². The van der Waals surface area contributed by atoms with Gasteiger partial charge in [-0.25, -0.2) is 4.98 Å². The molecule has 0 radical (unpaired) electrons. The lowest BCUT2D eigenvalue weighted by Gasteiger charge is -2.08. The number of nitrogens with one attached hydrogen (secondary N) is 1. The van der Waals surface area contributed by atoms with E-state index < -0.39 is 17.8 Å². The number of amides is 1. The van der Waals surface area contributed by atoms with Crippen LogP contribution in [0, 0.1) is 0 Å². The van der Waals surface area contributed by atoms with Crippen molar-refractivity contribution in [1.82, 2.24) is 4.98 Å². The Kier molecular flexibility index (Phi) is 4.53. The highest BCUT2D eigenvalue weighted by molar-refractivity contribution is 9.10. The molecule has 0 saturated heterocycles. The van der Waals surface area contributed by atoms with E-state index in [0.717, 1.165) is 18.3 Å². The summed E-state index contributed by atoms with van der Waals surface area (Å²) in [4.78, 5) is 15.2. The fourth-order valence-corrected chi connectivity index (χ4v) is 1.97. The molecule has 2 aromatic rings. The average Bonchev–Trinajstić information content (AvgIpc) is 2.41. The van der Waals surface area contributed by atoms with Gasteiger partial charge in [-0.15, -0.1) is 0 Å². The Morgan fingerprint density at radius 1 is 1.24 bits per heavy atom. The third-order valence-corrected chi connectivity index (χ3v) is 3.71. The highest BCUT2D eigenvalue weighted by Crippen LogP contribution is 2.28. The van der Waals surface area contributed by atoms with Gasteiger partial charge in [0.15, 0.2) is 0 Å². The summed E-state index contributed by atoms with van der Waals surface area (Å²) in [5.41, 5.74) is -0.542. The van der Waals surface area contributed by atoms with Crippen molar-refractivity contribution in [3.8, 4) is 0 Å². The number of carbonyl (C=O) groups is 1. The lowest BCUT2D eigenvalue weighted by molar-refractivity contribution is -0.141. The number of alkyl halides is 3. The summed E-state index contributed by atoms with van der Waals surface area (Å²) < 4.78 is 37.6. The van der Waals surface area contributed by atoms with Gasteiger partial charge in [-0.1, -0.05) is 11.6 Å². The summed E-state index contributed by atoms with van der Waals surface area (Å²) in [6.07, 6.45) is -3.56. The number of pyridine rings is 1. The quantitative estimate of drug-likeness (QED) is 0.817. The van der Waals surface area contributed by atoms with E-state index in [4.69, 9.17) is 11.6 Å². The first-order chi connectivity index (χ1) is 9.77. The van der Waals surface area contributed by atoms with Crippen molar-refractivity contribution < 1.29 is 18.0 Å². The Morgan fingerprint density at radius 3 is 2.48 bits per heavy atom. The zero-order chi connectivity index (χ0) is 15.6. The van der Waals surface area contributed by atoms with Crippen molar-refractivity contribution in [2.24, 2.45) is 0 Å². The highest BCUT2D eigenvalue weighted by atomic mass is 79.9. The van der Waals surface area contributed by atoms with E-state index in [1.165, 1.54) is 18.2 Å². The number of aromatic nitrogens is 1. The summed E-state index contributed by atoms with van der Waals surface area (Å²) in [5.74, 6) is -0.478. The number of benzene rings is 1. The minimum Gasteiger partial charge on any atom is -0.321 e. The summed E-state index contributed by atoms with van der Waals surface area (Å²) in [6, 6.07) is 6.48. The maximum Gasteiger partial charge on any atom is 0.433 e. The number of rotatable bonds is 2. The molecule has 0 aliphatic heterocycles. The molecular weight excluding hydrogens is 373 g/mol. The fourth-order valence-electron chi connectivity index (χ4n) is 1.48. The molecule has 0 unspecified atom stereocenters. The van der Waals surface area contributed by atoms with Crippen LogP contribution in [0.3, 0.4) is 0 Å². The predicted octanol–water partition coefficient (Wildman–Crippen LogP) is 4.77. The van der Waals surface area contributed by atoms with E-state index in [-0.39, 0.29) is 5.69 Å². The third-order valence-electron chi connectivity index (χ3n) is 2.49. The molecule has 1 amide bonds. The van der Waals surface area contributed by atoms with Gasteiger partial charge in [0.05, 0.1) is 16.9 Å². The van der Waals surface area contributed by atoms with Gasteiger partial charge in [-0.05, 0) is 46.3 Å². The van der Waals surface area contributed by atoms with Crippen LogP contribution in [-0.4, -0.2) is 10.9 Å². The Morgan fingerprint density at radius 2 is 1.95 bits per heavy atom. The first kappa shape index (κ1) is 15.8. The maximum atomic E-state index is 12.4. The Hall–Kier alpha value is -1.60. The number of hydrogen-bond donors (Lipinski definition) is 1. The van der Waals surface area contributed by atoms with Crippen LogP contribution in [0.1, 0.15) is 16.1 Å². The monoisotopic (exact) mass is 378 g/mol. The van der Waals surface area contributed by atoms with Crippen LogP contribution >= 0.6 is 27.5 Å². The standard InChI is InChI=1S/C13H7BrClF3N2O/c14-9-5-7(1-3-10(9)15)12(21)20-8-2-4-11(19-6-8)13(16,17)18/h1-6H,(H,20,21). The zero-order valence-corrected chi connectivity index (χ0v) is 12.6. The third kappa shape index (κ3) is 3.95. The molecule has 1 aromatic carbocycles. The molecule has 2 rings (SSSR count). The molecule has 110 valence electrons. The fraction of sp³-hybridized carbons (Fsp3) is 0.0769. The zero-order valence-electron chi connectivity index (χ0n) is 10.2. The van der Waals surface area contributed by atoms with E-state index in [2.05, 4.69) is 26.2 Å². The van der Waals surface area contributed by atoms with E-state index in [1.807, 2.05) is 0 Å². The second-order valence-corrected chi connectivity index (χ2v) is 5.27. The van der Waals surface area contributed by atoms with Crippen molar-refractivity contribution in [2.45, 2.75) is 6.18 Å². The van der Waals surface area contributed by atoms with Crippen LogP contribution in [0.25, 0.3) is 0 Å². The van der Waals surface area contributed by atoms with Crippen molar-refractivity contribution >= 4 is 39.1 Å². The topological polar surface area (TPSA) is 42.0 Å². The first-order valence-electron chi connectivity index (χ1n) is 5.57. The summed E-state index contributed by atoms with van der Waals surface area (Å²) >= 11 is 8.99. The number of halogens is 5. The van der Waals surface area contributed by atoms with Crippen LogP contribution in [0.2, 0.25) is 5.02 Å². The molecule has 1 N–H and O–H groups in total. The summed E-state index contributed by atoms with van der Waals surface area (Å²) in [5, 5.41) is 2.90. The van der Waals surface area contributed by atoms with Gasteiger partial charge >= 0.3 is 6.18 Å². The molecule has 0 bridgehead atoms. The van der Waals surface area contributed by atoms with E-state index in [0.29, 0.717) is 15.1 Å². The minimum absolute atomic E-state index is 0.166. The van der Waals surface area contributed by atoms with Gasteiger partial charge in [0.2, 0.25) is 0 Å². The summed E-state index contributed by atoms with van der Waals surface area (Å²) in [7, 11) is 0. The molecule has 0 aliphatic carbocycles. The molecule has 0 spiro atoms. The van der Waals surface area contributed by atoms with Crippen LogP contribution in [0.4, 0.5) is 18.9 Å². The molecule has 1 aromatic heterocycles. The van der Waals surface area contributed by atoms with Crippen molar-refractivity contribution in [2.75, 3.05) is 5.32 Å². The van der Waals surface area contributed by atoms with Crippen LogP contribution < -0.4 is 5.32 Å². The minimum atomic E-state index is -4.51.